The Hall–Kier alpha value is -3.82. The summed E-state index contributed by atoms with van der Waals surface area (Å²) in [6, 6.07) is 6.29. The highest BCUT2D eigenvalue weighted by Gasteiger charge is 2.20. The van der Waals surface area contributed by atoms with Gasteiger partial charge in [0.05, 0.1) is 21.4 Å². The first-order chi connectivity index (χ1) is 12.8. The number of carbonyl (C=O) groups is 1. The van der Waals surface area contributed by atoms with Gasteiger partial charge in [-0.2, -0.15) is 0 Å². The third-order valence-corrected chi connectivity index (χ3v) is 3.86. The SMILES string of the molecule is CCn1c(=O)[nH]c2cc(C(=O)Oc3cc(F)ccc3[N+](=O)[O-])ccc2c1=O. The van der Waals surface area contributed by atoms with Crippen LogP contribution in [0.1, 0.15) is 17.3 Å². The van der Waals surface area contributed by atoms with Crippen LogP contribution in [0.2, 0.25) is 0 Å². The van der Waals surface area contributed by atoms with Gasteiger partial charge in [0.2, 0.25) is 5.75 Å². The number of hydrogen-bond donors (Lipinski definition) is 1. The third kappa shape index (κ3) is 3.32. The Morgan fingerprint density at radius 2 is 2.00 bits per heavy atom. The van der Waals surface area contributed by atoms with Crippen molar-refractivity contribution in [3.05, 3.63) is 78.7 Å². The van der Waals surface area contributed by atoms with Gasteiger partial charge in [-0.15, -0.1) is 0 Å². The molecule has 0 radical (unpaired) electrons. The summed E-state index contributed by atoms with van der Waals surface area (Å²) in [4.78, 5) is 49.0. The predicted molar refractivity (Wildman–Crippen MR) is 92.5 cm³/mol. The number of H-pyrrole nitrogens is 1. The van der Waals surface area contributed by atoms with Crippen molar-refractivity contribution < 1.29 is 18.8 Å². The lowest BCUT2D eigenvalue weighted by Gasteiger charge is -2.07. The van der Waals surface area contributed by atoms with Crippen molar-refractivity contribution in [3.8, 4) is 5.75 Å². The molecule has 0 fully saturated rings. The van der Waals surface area contributed by atoms with Crippen molar-refractivity contribution in [1.82, 2.24) is 9.55 Å². The minimum atomic E-state index is -1.01. The zero-order valence-corrected chi connectivity index (χ0v) is 13.9. The number of nitrogens with zero attached hydrogens (tertiary/aromatic N) is 2. The van der Waals surface area contributed by atoms with E-state index in [1.54, 1.807) is 6.92 Å². The fraction of sp³-hybridized carbons (Fsp3) is 0.118. The molecule has 1 aromatic heterocycles. The van der Waals surface area contributed by atoms with E-state index >= 15 is 0 Å². The molecule has 1 N–H and O–H groups in total. The predicted octanol–water partition coefficient (Wildman–Crippen LogP) is 1.98. The Morgan fingerprint density at radius 1 is 1.26 bits per heavy atom. The summed E-state index contributed by atoms with van der Waals surface area (Å²) in [6.07, 6.45) is 0. The van der Waals surface area contributed by atoms with Gasteiger partial charge in [0.25, 0.3) is 5.56 Å². The molecule has 0 saturated carbocycles. The summed E-state index contributed by atoms with van der Waals surface area (Å²) in [5.74, 6) is -2.38. The van der Waals surface area contributed by atoms with E-state index in [-0.39, 0.29) is 23.0 Å². The fourth-order valence-corrected chi connectivity index (χ4v) is 2.55. The number of nitro benzene ring substituents is 1. The molecule has 0 atom stereocenters. The van der Waals surface area contributed by atoms with Gasteiger partial charge in [-0.1, -0.05) is 0 Å². The number of esters is 1. The van der Waals surface area contributed by atoms with Crippen molar-refractivity contribution in [3.63, 3.8) is 0 Å². The van der Waals surface area contributed by atoms with E-state index in [0.29, 0.717) is 0 Å². The van der Waals surface area contributed by atoms with Gasteiger partial charge >= 0.3 is 17.3 Å². The van der Waals surface area contributed by atoms with Crippen LogP contribution >= 0.6 is 0 Å². The maximum atomic E-state index is 13.3. The van der Waals surface area contributed by atoms with Crippen LogP contribution in [0, 0.1) is 15.9 Å². The van der Waals surface area contributed by atoms with Gasteiger partial charge < -0.3 is 9.72 Å². The van der Waals surface area contributed by atoms with Gasteiger partial charge in [-0.05, 0) is 31.2 Å². The van der Waals surface area contributed by atoms with Crippen LogP contribution in [0.25, 0.3) is 10.9 Å². The highest BCUT2D eigenvalue weighted by molar-refractivity contribution is 5.95. The van der Waals surface area contributed by atoms with Crippen LogP contribution in [-0.4, -0.2) is 20.4 Å². The number of rotatable bonds is 4. The molecule has 0 amide bonds. The molecule has 3 aromatic rings. The zero-order valence-electron chi connectivity index (χ0n) is 13.9. The van der Waals surface area contributed by atoms with Crippen molar-refractivity contribution in [2.75, 3.05) is 0 Å². The van der Waals surface area contributed by atoms with Gasteiger partial charge in [0.15, 0.2) is 0 Å². The lowest BCUT2D eigenvalue weighted by atomic mass is 10.1. The van der Waals surface area contributed by atoms with E-state index in [2.05, 4.69) is 4.98 Å². The molecule has 0 unspecified atom stereocenters. The summed E-state index contributed by atoms with van der Waals surface area (Å²) in [5.41, 5.74) is -1.70. The minimum Gasteiger partial charge on any atom is -0.415 e. The lowest BCUT2D eigenvalue weighted by Crippen LogP contribution is -2.34. The number of ether oxygens (including phenoxy) is 1. The molecule has 138 valence electrons. The van der Waals surface area contributed by atoms with Crippen LogP contribution in [0.4, 0.5) is 10.1 Å². The van der Waals surface area contributed by atoms with Crippen molar-refractivity contribution in [2.24, 2.45) is 0 Å². The Bertz CT molecular complexity index is 1200. The van der Waals surface area contributed by atoms with Crippen LogP contribution in [-0.2, 0) is 6.54 Å². The quantitative estimate of drug-likeness (QED) is 0.323. The monoisotopic (exact) mass is 373 g/mol. The van der Waals surface area contributed by atoms with E-state index in [4.69, 9.17) is 4.74 Å². The standard InChI is InChI=1S/C17H12FN3O6/c1-2-20-15(22)11-5-3-9(7-12(11)19-17(20)24)16(23)27-14-8-10(18)4-6-13(14)21(25)26/h3-8H,2H2,1H3,(H,19,24). The molecule has 27 heavy (non-hydrogen) atoms. The number of fused-ring (bicyclic) bond motifs is 1. The Kier molecular flexibility index (Phi) is 4.55. The lowest BCUT2D eigenvalue weighted by molar-refractivity contribution is -0.385. The second kappa shape index (κ2) is 6.83. The second-order valence-corrected chi connectivity index (χ2v) is 5.50. The van der Waals surface area contributed by atoms with Gasteiger partial charge in [-0.25, -0.2) is 14.0 Å². The summed E-state index contributed by atoms with van der Waals surface area (Å²) in [6.45, 7) is 1.82. The average Bonchev–Trinajstić information content (AvgIpc) is 2.61. The molecule has 0 aliphatic heterocycles. The van der Waals surface area contributed by atoms with Crippen LogP contribution in [0.5, 0.6) is 5.75 Å². The zero-order chi connectivity index (χ0) is 19.7. The number of nitro groups is 1. The molecule has 0 spiro atoms. The number of aromatic nitrogens is 2. The number of halogens is 1. The first kappa shape index (κ1) is 18.0. The first-order valence-electron chi connectivity index (χ1n) is 7.74. The summed E-state index contributed by atoms with van der Waals surface area (Å²) >= 11 is 0. The maximum Gasteiger partial charge on any atom is 0.343 e. The van der Waals surface area contributed by atoms with Crippen molar-refractivity contribution in [2.45, 2.75) is 13.5 Å². The highest BCUT2D eigenvalue weighted by atomic mass is 19.1. The Labute approximate surface area is 149 Å². The van der Waals surface area contributed by atoms with Gasteiger partial charge in [0, 0.05) is 18.7 Å². The van der Waals surface area contributed by atoms with Crippen LogP contribution in [0.3, 0.4) is 0 Å². The molecule has 0 aliphatic rings. The van der Waals surface area contributed by atoms with E-state index in [0.717, 1.165) is 22.8 Å². The van der Waals surface area contributed by atoms with Gasteiger partial charge in [0.1, 0.15) is 5.82 Å². The molecule has 2 aromatic carbocycles. The van der Waals surface area contributed by atoms with E-state index in [9.17, 15) is 28.9 Å². The molecular weight excluding hydrogens is 361 g/mol. The van der Waals surface area contributed by atoms with Crippen molar-refractivity contribution >= 4 is 22.6 Å². The second-order valence-electron chi connectivity index (χ2n) is 5.50. The van der Waals surface area contributed by atoms with Crippen molar-refractivity contribution in [1.29, 1.82) is 0 Å². The molecule has 3 rings (SSSR count). The topological polar surface area (TPSA) is 124 Å². The average molecular weight is 373 g/mol. The summed E-state index contributed by atoms with van der Waals surface area (Å²) in [7, 11) is 0. The van der Waals surface area contributed by atoms with E-state index in [1.165, 1.54) is 18.2 Å². The molecule has 0 aliphatic carbocycles. The van der Waals surface area contributed by atoms with Gasteiger partial charge in [-0.3, -0.25) is 19.5 Å². The molecule has 9 nitrogen and oxygen atoms in total. The number of hydrogen-bond acceptors (Lipinski definition) is 6. The normalized spacial score (nSPS) is 10.7. The van der Waals surface area contributed by atoms with E-state index in [1.807, 2.05) is 0 Å². The molecule has 0 bridgehead atoms. The number of nitrogens with one attached hydrogen (secondary N) is 1. The molecule has 0 saturated heterocycles. The Morgan fingerprint density at radius 3 is 2.67 bits per heavy atom. The molecule has 1 heterocycles. The van der Waals surface area contributed by atoms with E-state index < -0.39 is 39.4 Å². The minimum absolute atomic E-state index is 0.0784. The fourth-order valence-electron chi connectivity index (χ4n) is 2.55. The Balaban J connectivity index is 2.03. The smallest absolute Gasteiger partial charge is 0.343 e. The largest absolute Gasteiger partial charge is 0.415 e. The summed E-state index contributed by atoms with van der Waals surface area (Å²) < 4.78 is 19.3. The van der Waals surface area contributed by atoms with Crippen LogP contribution < -0.4 is 16.0 Å². The maximum absolute atomic E-state index is 13.3. The van der Waals surface area contributed by atoms with Crippen LogP contribution in [0.15, 0.2) is 46.0 Å². The number of benzene rings is 2. The molecule has 10 heteroatoms. The highest BCUT2D eigenvalue weighted by Crippen LogP contribution is 2.28. The number of aromatic amines is 1. The first-order valence-corrected chi connectivity index (χ1v) is 7.74. The summed E-state index contributed by atoms with van der Waals surface area (Å²) in [5, 5.41) is 11.2. The molecular formula is C17H12FN3O6. The number of carbonyl (C=O) groups excluding carboxylic acids is 1. The third-order valence-electron chi connectivity index (χ3n) is 3.86.